The Bertz CT molecular complexity index is 292. The van der Waals surface area contributed by atoms with Gasteiger partial charge in [0.15, 0.2) is 0 Å². The minimum absolute atomic E-state index is 0.0547. The van der Waals surface area contributed by atoms with Crippen LogP contribution < -0.4 is 11.1 Å². The molecule has 4 heteroatoms. The van der Waals surface area contributed by atoms with Crippen LogP contribution in [0.15, 0.2) is 0 Å². The van der Waals surface area contributed by atoms with Crippen molar-refractivity contribution in [3.63, 3.8) is 0 Å². The second-order valence-corrected chi connectivity index (χ2v) is 6.39. The predicted octanol–water partition coefficient (Wildman–Crippen LogP) is 1.32. The van der Waals surface area contributed by atoms with E-state index in [1.807, 2.05) is 0 Å². The first kappa shape index (κ1) is 13.8. The van der Waals surface area contributed by atoms with Gasteiger partial charge in [-0.05, 0) is 25.7 Å². The second kappa shape index (κ2) is 5.57. The van der Waals surface area contributed by atoms with Crippen molar-refractivity contribution < 1.29 is 9.90 Å². The summed E-state index contributed by atoms with van der Waals surface area (Å²) in [4.78, 5) is 11.9. The van der Waals surface area contributed by atoms with Gasteiger partial charge in [0.25, 0.3) is 0 Å². The van der Waals surface area contributed by atoms with Crippen molar-refractivity contribution in [2.45, 2.75) is 63.3 Å². The largest absolute Gasteiger partial charge is 0.396 e. The fraction of sp³-hybridized carbons (Fsp3) is 0.929. The maximum Gasteiger partial charge on any atom is 0.221 e. The van der Waals surface area contributed by atoms with Gasteiger partial charge in [-0.25, -0.2) is 0 Å². The Morgan fingerprint density at radius 3 is 2.22 bits per heavy atom. The average molecular weight is 254 g/mol. The van der Waals surface area contributed by atoms with E-state index in [1.54, 1.807) is 0 Å². The Hall–Kier alpha value is -0.610. The summed E-state index contributed by atoms with van der Waals surface area (Å²) in [6.07, 6.45) is 9.03. The normalized spacial score (nSPS) is 25.2. The van der Waals surface area contributed by atoms with Crippen molar-refractivity contribution >= 4 is 5.91 Å². The number of carbonyl (C=O) groups excluding carboxylic acids is 1. The van der Waals surface area contributed by atoms with E-state index in [0.717, 1.165) is 51.4 Å². The summed E-state index contributed by atoms with van der Waals surface area (Å²) >= 11 is 0. The van der Waals surface area contributed by atoms with E-state index in [4.69, 9.17) is 5.73 Å². The second-order valence-electron chi connectivity index (χ2n) is 6.39. The third-order valence-electron chi connectivity index (χ3n) is 4.77. The number of aliphatic hydroxyl groups excluding tert-OH is 1. The van der Waals surface area contributed by atoms with Crippen LogP contribution in [0, 0.1) is 5.41 Å². The van der Waals surface area contributed by atoms with Gasteiger partial charge in [0.1, 0.15) is 0 Å². The molecule has 0 saturated heterocycles. The van der Waals surface area contributed by atoms with Crippen molar-refractivity contribution in [3.8, 4) is 0 Å². The molecular formula is C14H26N2O2. The molecule has 0 aromatic heterocycles. The van der Waals surface area contributed by atoms with Crippen LogP contribution in [0.25, 0.3) is 0 Å². The smallest absolute Gasteiger partial charge is 0.221 e. The molecule has 0 aliphatic heterocycles. The summed E-state index contributed by atoms with van der Waals surface area (Å²) in [5.74, 6) is 0.0547. The molecule has 0 heterocycles. The first-order valence-electron chi connectivity index (χ1n) is 7.24. The van der Waals surface area contributed by atoms with Crippen LogP contribution in [-0.2, 0) is 4.79 Å². The van der Waals surface area contributed by atoms with Crippen LogP contribution in [0.1, 0.15) is 57.8 Å². The highest BCUT2D eigenvalue weighted by atomic mass is 16.3. The lowest BCUT2D eigenvalue weighted by atomic mass is 9.87. The minimum Gasteiger partial charge on any atom is -0.396 e. The molecule has 4 N–H and O–H groups in total. The summed E-state index contributed by atoms with van der Waals surface area (Å²) in [5.41, 5.74) is 5.86. The molecule has 1 amide bonds. The number of amides is 1. The van der Waals surface area contributed by atoms with Crippen molar-refractivity contribution in [2.75, 3.05) is 13.2 Å². The third kappa shape index (κ3) is 3.23. The lowest BCUT2D eigenvalue weighted by Crippen LogP contribution is -2.45. The van der Waals surface area contributed by atoms with Gasteiger partial charge in [0.2, 0.25) is 5.91 Å². The Labute approximate surface area is 109 Å². The molecule has 18 heavy (non-hydrogen) atoms. The van der Waals surface area contributed by atoms with Gasteiger partial charge in [-0.3, -0.25) is 4.79 Å². The lowest BCUT2D eigenvalue weighted by Gasteiger charge is -2.28. The third-order valence-corrected chi connectivity index (χ3v) is 4.77. The highest BCUT2D eigenvalue weighted by Crippen LogP contribution is 2.37. The average Bonchev–Trinajstić information content (AvgIpc) is 2.97. The monoisotopic (exact) mass is 254 g/mol. The van der Waals surface area contributed by atoms with Gasteiger partial charge in [0, 0.05) is 23.9 Å². The molecule has 0 radical (unpaired) electrons. The molecule has 0 unspecified atom stereocenters. The first-order chi connectivity index (χ1) is 8.58. The van der Waals surface area contributed by atoms with E-state index in [-0.39, 0.29) is 23.5 Å². The van der Waals surface area contributed by atoms with Crippen LogP contribution in [0.3, 0.4) is 0 Å². The summed E-state index contributed by atoms with van der Waals surface area (Å²) < 4.78 is 0. The number of hydrogen-bond donors (Lipinski definition) is 3. The van der Waals surface area contributed by atoms with Crippen molar-refractivity contribution in [1.82, 2.24) is 5.32 Å². The van der Waals surface area contributed by atoms with Crippen LogP contribution in [0.2, 0.25) is 0 Å². The molecule has 2 saturated carbocycles. The van der Waals surface area contributed by atoms with Crippen LogP contribution in [-0.4, -0.2) is 29.7 Å². The minimum atomic E-state index is -0.272. The van der Waals surface area contributed by atoms with Crippen LogP contribution >= 0.6 is 0 Å². The molecule has 104 valence electrons. The lowest BCUT2D eigenvalue weighted by molar-refractivity contribution is -0.122. The number of nitrogens with one attached hydrogen (secondary N) is 1. The Kier molecular flexibility index (Phi) is 4.28. The molecule has 0 aromatic carbocycles. The quantitative estimate of drug-likeness (QED) is 0.692. The molecular weight excluding hydrogens is 228 g/mol. The number of rotatable bonds is 5. The Balaban J connectivity index is 1.77. The van der Waals surface area contributed by atoms with Crippen molar-refractivity contribution in [1.29, 1.82) is 0 Å². The summed E-state index contributed by atoms with van der Waals surface area (Å²) in [7, 11) is 0. The number of hydrogen-bond acceptors (Lipinski definition) is 3. The number of nitrogens with two attached hydrogens (primary N) is 1. The number of carbonyl (C=O) groups is 1. The highest BCUT2D eigenvalue weighted by Gasteiger charge is 2.35. The predicted molar refractivity (Wildman–Crippen MR) is 71.0 cm³/mol. The molecule has 2 aliphatic carbocycles. The summed E-state index contributed by atoms with van der Waals surface area (Å²) in [6, 6.07) is 0. The van der Waals surface area contributed by atoms with Gasteiger partial charge < -0.3 is 16.2 Å². The molecule has 0 spiro atoms. The van der Waals surface area contributed by atoms with Gasteiger partial charge in [0.05, 0.1) is 6.61 Å². The van der Waals surface area contributed by atoms with Gasteiger partial charge in [-0.2, -0.15) is 0 Å². The van der Waals surface area contributed by atoms with E-state index in [9.17, 15) is 9.90 Å². The summed E-state index contributed by atoms with van der Waals surface area (Å²) in [5, 5.41) is 12.5. The zero-order chi connectivity index (χ0) is 13.1. The molecule has 2 aliphatic rings. The van der Waals surface area contributed by atoms with Crippen molar-refractivity contribution in [2.24, 2.45) is 11.1 Å². The molecule has 2 fully saturated rings. The van der Waals surface area contributed by atoms with Gasteiger partial charge >= 0.3 is 0 Å². The van der Waals surface area contributed by atoms with Crippen LogP contribution in [0.5, 0.6) is 0 Å². The molecule has 0 bridgehead atoms. The number of aliphatic hydroxyl groups is 1. The summed E-state index contributed by atoms with van der Waals surface area (Å²) in [6.45, 7) is 0.791. The van der Waals surface area contributed by atoms with E-state index >= 15 is 0 Å². The zero-order valence-corrected chi connectivity index (χ0v) is 11.2. The standard InChI is InChI=1S/C14H26N2O2/c15-14(7-3-4-8-14)9-12(18)16-10-13(11-17)5-1-2-6-13/h17H,1-11,15H2,(H,16,18). The van der Waals surface area contributed by atoms with E-state index in [2.05, 4.69) is 5.32 Å². The zero-order valence-electron chi connectivity index (χ0n) is 11.2. The molecule has 0 aromatic rings. The fourth-order valence-corrected chi connectivity index (χ4v) is 3.44. The molecule has 0 atom stereocenters. The maximum absolute atomic E-state index is 11.9. The first-order valence-corrected chi connectivity index (χ1v) is 7.24. The topological polar surface area (TPSA) is 75.4 Å². The van der Waals surface area contributed by atoms with E-state index < -0.39 is 0 Å². The van der Waals surface area contributed by atoms with Crippen LogP contribution in [0.4, 0.5) is 0 Å². The maximum atomic E-state index is 11.9. The fourth-order valence-electron chi connectivity index (χ4n) is 3.44. The Morgan fingerprint density at radius 1 is 1.11 bits per heavy atom. The highest BCUT2D eigenvalue weighted by molar-refractivity contribution is 5.77. The van der Waals surface area contributed by atoms with E-state index in [1.165, 1.54) is 0 Å². The van der Waals surface area contributed by atoms with E-state index in [0.29, 0.717) is 13.0 Å². The Morgan fingerprint density at radius 2 is 1.67 bits per heavy atom. The van der Waals surface area contributed by atoms with Crippen molar-refractivity contribution in [3.05, 3.63) is 0 Å². The van der Waals surface area contributed by atoms with Gasteiger partial charge in [-0.1, -0.05) is 25.7 Å². The van der Waals surface area contributed by atoms with Gasteiger partial charge in [-0.15, -0.1) is 0 Å². The molecule has 2 rings (SSSR count). The SMILES string of the molecule is NC1(CC(=O)NCC2(CO)CCCC2)CCCC1. The molecule has 4 nitrogen and oxygen atoms in total.